The molecule has 0 saturated heterocycles. The number of nitrogens with zero attached hydrogens (tertiary/aromatic N) is 1. The lowest BCUT2D eigenvalue weighted by atomic mass is 10.2. The van der Waals surface area contributed by atoms with Gasteiger partial charge in [0, 0.05) is 6.21 Å². The molecule has 72 valence electrons. The summed E-state index contributed by atoms with van der Waals surface area (Å²) in [7, 11) is -1.31. The number of hydrogen-bond donors (Lipinski definition) is 0. The van der Waals surface area contributed by atoms with Crippen LogP contribution < -0.4 is 0 Å². The van der Waals surface area contributed by atoms with Crippen molar-refractivity contribution in [2.45, 2.75) is 33.5 Å². The highest BCUT2D eigenvalue weighted by Gasteiger charge is 2.12. The van der Waals surface area contributed by atoms with Gasteiger partial charge in [-0.05, 0) is 25.6 Å². The Balaban J connectivity index is 3.34. The van der Waals surface area contributed by atoms with Gasteiger partial charge >= 0.3 is 0 Å². The Kier molecular flexibility index (Phi) is 5.42. The van der Waals surface area contributed by atoms with E-state index in [0.717, 1.165) is 13.2 Å². The highest BCUT2D eigenvalue weighted by atomic mass is 28.4. The Hall–Kier alpha value is -0.153. The van der Waals surface area contributed by atoms with Gasteiger partial charge in [-0.25, -0.2) is 0 Å². The fourth-order valence-corrected chi connectivity index (χ4v) is 1.39. The lowest BCUT2D eigenvalue weighted by Crippen LogP contribution is -2.26. The molecule has 3 heteroatoms. The van der Waals surface area contributed by atoms with Crippen molar-refractivity contribution in [3.63, 3.8) is 0 Å². The predicted molar refractivity (Wildman–Crippen MR) is 57.5 cm³/mol. The summed E-state index contributed by atoms with van der Waals surface area (Å²) in [5.74, 6) is 0.553. The van der Waals surface area contributed by atoms with Gasteiger partial charge in [0.15, 0.2) is 8.32 Å². The van der Waals surface area contributed by atoms with Crippen molar-refractivity contribution in [1.82, 2.24) is 0 Å². The summed E-state index contributed by atoms with van der Waals surface area (Å²) >= 11 is 0. The van der Waals surface area contributed by atoms with Gasteiger partial charge in [-0.2, -0.15) is 0 Å². The van der Waals surface area contributed by atoms with Gasteiger partial charge in [-0.3, -0.25) is 4.99 Å². The molecule has 0 rings (SSSR count). The van der Waals surface area contributed by atoms with Crippen LogP contribution in [0.1, 0.15) is 13.8 Å². The van der Waals surface area contributed by atoms with Crippen LogP contribution in [0.2, 0.25) is 19.6 Å². The van der Waals surface area contributed by atoms with Crippen LogP contribution in [0, 0.1) is 5.92 Å². The molecule has 0 unspecified atom stereocenters. The van der Waals surface area contributed by atoms with E-state index in [-0.39, 0.29) is 0 Å². The lowest BCUT2D eigenvalue weighted by molar-refractivity contribution is 0.323. The molecule has 0 aromatic heterocycles. The van der Waals surface area contributed by atoms with E-state index in [1.54, 1.807) is 0 Å². The van der Waals surface area contributed by atoms with Crippen molar-refractivity contribution >= 4 is 14.5 Å². The molecule has 12 heavy (non-hydrogen) atoms. The Morgan fingerprint density at radius 3 is 2.33 bits per heavy atom. The van der Waals surface area contributed by atoms with Crippen LogP contribution in [0.3, 0.4) is 0 Å². The first-order valence-corrected chi connectivity index (χ1v) is 7.96. The van der Waals surface area contributed by atoms with Gasteiger partial charge in [0.1, 0.15) is 0 Å². The maximum absolute atomic E-state index is 5.64. The zero-order chi connectivity index (χ0) is 9.61. The molecule has 0 aromatic rings. The molecule has 0 atom stereocenters. The van der Waals surface area contributed by atoms with E-state index in [1.165, 1.54) is 0 Å². The van der Waals surface area contributed by atoms with E-state index in [4.69, 9.17) is 4.43 Å². The molecule has 0 aromatic carbocycles. The summed E-state index contributed by atoms with van der Waals surface area (Å²) in [6, 6.07) is 0. The third-order valence-electron chi connectivity index (χ3n) is 1.16. The van der Waals surface area contributed by atoms with E-state index in [0.29, 0.717) is 5.92 Å². The highest BCUT2D eigenvalue weighted by molar-refractivity contribution is 6.69. The van der Waals surface area contributed by atoms with Crippen LogP contribution >= 0.6 is 0 Å². The van der Waals surface area contributed by atoms with E-state index >= 15 is 0 Å². The van der Waals surface area contributed by atoms with E-state index < -0.39 is 8.32 Å². The van der Waals surface area contributed by atoms with Crippen molar-refractivity contribution in [2.75, 3.05) is 13.2 Å². The first kappa shape index (κ1) is 11.8. The molecule has 0 N–H and O–H groups in total. The van der Waals surface area contributed by atoms with Gasteiger partial charge in [0.25, 0.3) is 0 Å². The molecule has 0 aliphatic heterocycles. The Bertz CT molecular complexity index is 138. The molecule has 0 saturated carbocycles. The minimum absolute atomic E-state index is 0.553. The number of rotatable bonds is 5. The van der Waals surface area contributed by atoms with Crippen molar-refractivity contribution in [3.05, 3.63) is 0 Å². The van der Waals surface area contributed by atoms with Crippen LogP contribution in [-0.2, 0) is 4.43 Å². The average Bonchev–Trinajstić information content (AvgIpc) is 1.83. The summed E-state index contributed by atoms with van der Waals surface area (Å²) in [5, 5.41) is 0. The minimum atomic E-state index is -1.31. The molecular weight excluding hydrogens is 166 g/mol. The van der Waals surface area contributed by atoms with Crippen LogP contribution in [0.25, 0.3) is 0 Å². The second kappa shape index (κ2) is 5.49. The third kappa shape index (κ3) is 9.85. The molecular formula is C9H21NOSi. The van der Waals surface area contributed by atoms with Gasteiger partial charge in [-0.1, -0.05) is 13.8 Å². The molecule has 0 amide bonds. The molecule has 2 nitrogen and oxygen atoms in total. The maximum atomic E-state index is 5.64. The van der Waals surface area contributed by atoms with Gasteiger partial charge < -0.3 is 4.43 Å². The number of hydrogen-bond acceptors (Lipinski definition) is 2. The van der Waals surface area contributed by atoms with Crippen LogP contribution in [0.15, 0.2) is 4.99 Å². The third-order valence-corrected chi connectivity index (χ3v) is 2.23. The highest BCUT2D eigenvalue weighted by Crippen LogP contribution is 2.01. The second-order valence-electron chi connectivity index (χ2n) is 4.26. The van der Waals surface area contributed by atoms with Gasteiger partial charge in [0.2, 0.25) is 0 Å². The quantitative estimate of drug-likeness (QED) is 0.368. The summed E-state index contributed by atoms with van der Waals surface area (Å²) in [4.78, 5) is 4.25. The fourth-order valence-electron chi connectivity index (χ4n) is 0.690. The molecule has 0 aliphatic carbocycles. The smallest absolute Gasteiger partial charge is 0.183 e. The van der Waals surface area contributed by atoms with Crippen molar-refractivity contribution in [3.8, 4) is 0 Å². The molecule has 0 heterocycles. The number of aliphatic imine (C=N–C) groups is 1. The Labute approximate surface area is 77.2 Å². The topological polar surface area (TPSA) is 21.6 Å². The minimum Gasteiger partial charge on any atom is -0.416 e. The maximum Gasteiger partial charge on any atom is 0.183 e. The van der Waals surface area contributed by atoms with Crippen molar-refractivity contribution in [2.24, 2.45) is 10.9 Å². The van der Waals surface area contributed by atoms with Gasteiger partial charge in [0.05, 0.1) is 13.2 Å². The lowest BCUT2D eigenvalue weighted by Gasteiger charge is -2.15. The summed E-state index contributed by atoms with van der Waals surface area (Å²) in [6.45, 7) is 12.4. The van der Waals surface area contributed by atoms with Crippen molar-refractivity contribution in [1.29, 1.82) is 0 Å². The van der Waals surface area contributed by atoms with E-state index in [2.05, 4.69) is 38.5 Å². The Morgan fingerprint density at radius 1 is 1.33 bits per heavy atom. The normalized spacial score (nSPS) is 13.2. The summed E-state index contributed by atoms with van der Waals surface area (Å²) in [6.07, 6.45) is 1.98. The molecule has 0 spiro atoms. The molecule has 0 fully saturated rings. The first-order valence-electron chi connectivity index (χ1n) is 4.56. The zero-order valence-electron chi connectivity index (χ0n) is 8.92. The zero-order valence-corrected chi connectivity index (χ0v) is 9.92. The first-order chi connectivity index (χ1) is 5.42. The van der Waals surface area contributed by atoms with Crippen LogP contribution in [-0.4, -0.2) is 27.7 Å². The molecule has 0 bridgehead atoms. The van der Waals surface area contributed by atoms with E-state index in [9.17, 15) is 0 Å². The van der Waals surface area contributed by atoms with Crippen molar-refractivity contribution < 1.29 is 4.43 Å². The molecule has 0 radical (unpaired) electrons. The SMILES string of the molecule is CC(C)C=NCCO[Si](C)(C)C. The largest absolute Gasteiger partial charge is 0.416 e. The monoisotopic (exact) mass is 187 g/mol. The molecule has 0 aliphatic rings. The summed E-state index contributed by atoms with van der Waals surface area (Å²) in [5.41, 5.74) is 0. The standard InChI is InChI=1S/C9H21NOSi/c1-9(2)8-10-6-7-11-12(3,4)5/h8-9H,6-7H2,1-5H3. The summed E-state index contributed by atoms with van der Waals surface area (Å²) < 4.78 is 5.64. The van der Waals surface area contributed by atoms with Crippen LogP contribution in [0.4, 0.5) is 0 Å². The Morgan fingerprint density at radius 2 is 1.92 bits per heavy atom. The van der Waals surface area contributed by atoms with Crippen LogP contribution in [0.5, 0.6) is 0 Å². The predicted octanol–water partition coefficient (Wildman–Crippen LogP) is 2.56. The second-order valence-corrected chi connectivity index (χ2v) is 8.77. The van der Waals surface area contributed by atoms with Gasteiger partial charge in [-0.15, -0.1) is 0 Å². The van der Waals surface area contributed by atoms with E-state index in [1.807, 2.05) is 6.21 Å². The average molecular weight is 187 g/mol. The fraction of sp³-hybridized carbons (Fsp3) is 0.889.